The van der Waals surface area contributed by atoms with Gasteiger partial charge in [-0.2, -0.15) is 16.1 Å². The molecule has 0 amide bonds. The summed E-state index contributed by atoms with van der Waals surface area (Å²) in [6.45, 7) is 8.02. The van der Waals surface area contributed by atoms with Crippen molar-refractivity contribution in [2.75, 3.05) is 18.8 Å². The molecule has 1 aromatic rings. The molecule has 8 heteroatoms. The van der Waals surface area contributed by atoms with Crippen molar-refractivity contribution in [2.45, 2.75) is 37.3 Å². The summed E-state index contributed by atoms with van der Waals surface area (Å²) in [5.41, 5.74) is 0.591. The van der Waals surface area contributed by atoms with Gasteiger partial charge in [-0.15, -0.1) is 0 Å². The monoisotopic (exact) mass is 332 g/mol. The largest absolute Gasteiger partial charge is 0.477 e. The van der Waals surface area contributed by atoms with Crippen LogP contribution in [-0.2, 0) is 10.0 Å². The quantitative estimate of drug-likeness (QED) is 0.881. The standard InChI is InChI=1S/C13H20N2O4S2/c1-8-10(12(16)17)14-9(2)11(8)21(18,19)15-5-6-20-13(3,4)7-15/h14H,5-7H2,1-4H3,(H,16,17). The van der Waals surface area contributed by atoms with Crippen molar-refractivity contribution in [3.8, 4) is 0 Å². The van der Waals surface area contributed by atoms with Crippen molar-refractivity contribution in [3.63, 3.8) is 0 Å². The fourth-order valence-electron chi connectivity index (χ4n) is 2.64. The lowest BCUT2D eigenvalue weighted by atomic mass is 10.2. The molecule has 1 aromatic heterocycles. The van der Waals surface area contributed by atoms with E-state index < -0.39 is 16.0 Å². The van der Waals surface area contributed by atoms with Crippen LogP contribution in [0.25, 0.3) is 0 Å². The van der Waals surface area contributed by atoms with Gasteiger partial charge in [-0.25, -0.2) is 13.2 Å². The molecule has 0 unspecified atom stereocenters. The van der Waals surface area contributed by atoms with E-state index in [1.807, 2.05) is 13.8 Å². The van der Waals surface area contributed by atoms with Crippen molar-refractivity contribution >= 4 is 27.8 Å². The second-order valence-electron chi connectivity index (χ2n) is 5.83. The number of rotatable bonds is 3. The summed E-state index contributed by atoms with van der Waals surface area (Å²) in [7, 11) is -3.68. The molecule has 2 rings (SSSR count). The highest BCUT2D eigenvalue weighted by Gasteiger charge is 2.37. The van der Waals surface area contributed by atoms with Crippen molar-refractivity contribution in [3.05, 3.63) is 17.0 Å². The fourth-order valence-corrected chi connectivity index (χ4v) is 5.96. The molecular weight excluding hydrogens is 312 g/mol. The number of aryl methyl sites for hydroxylation is 1. The third-order valence-electron chi connectivity index (χ3n) is 3.57. The van der Waals surface area contributed by atoms with Crippen LogP contribution in [0, 0.1) is 13.8 Å². The molecule has 118 valence electrons. The van der Waals surface area contributed by atoms with Crippen LogP contribution in [0.15, 0.2) is 4.90 Å². The van der Waals surface area contributed by atoms with E-state index in [0.717, 1.165) is 5.75 Å². The zero-order valence-electron chi connectivity index (χ0n) is 12.6. The Balaban J connectivity index is 2.48. The number of hydrogen-bond donors (Lipinski definition) is 2. The van der Waals surface area contributed by atoms with E-state index in [2.05, 4.69) is 4.98 Å². The zero-order valence-corrected chi connectivity index (χ0v) is 14.2. The number of nitrogens with zero attached hydrogens (tertiary/aromatic N) is 1. The van der Waals surface area contributed by atoms with E-state index in [9.17, 15) is 13.2 Å². The summed E-state index contributed by atoms with van der Waals surface area (Å²) in [5, 5.41) is 9.12. The van der Waals surface area contributed by atoms with Crippen LogP contribution in [0.5, 0.6) is 0 Å². The average Bonchev–Trinajstić information content (AvgIpc) is 2.64. The van der Waals surface area contributed by atoms with Gasteiger partial charge in [0.2, 0.25) is 10.0 Å². The van der Waals surface area contributed by atoms with E-state index in [1.165, 1.54) is 11.2 Å². The minimum Gasteiger partial charge on any atom is -0.477 e. The molecule has 21 heavy (non-hydrogen) atoms. The summed E-state index contributed by atoms with van der Waals surface area (Å²) >= 11 is 1.75. The Hall–Kier alpha value is -0.990. The number of thioether (sulfide) groups is 1. The first kappa shape index (κ1) is 16.4. The van der Waals surface area contributed by atoms with Crippen molar-refractivity contribution in [2.24, 2.45) is 0 Å². The number of nitrogens with one attached hydrogen (secondary N) is 1. The first-order valence-electron chi connectivity index (χ1n) is 6.63. The van der Waals surface area contributed by atoms with Crippen LogP contribution < -0.4 is 0 Å². The molecule has 1 aliphatic heterocycles. The van der Waals surface area contributed by atoms with Gasteiger partial charge in [0.1, 0.15) is 10.6 Å². The average molecular weight is 332 g/mol. The molecule has 2 heterocycles. The Kier molecular flexibility index (Phi) is 4.16. The Morgan fingerprint density at radius 1 is 1.38 bits per heavy atom. The van der Waals surface area contributed by atoms with Crippen LogP contribution in [-0.4, -0.2) is 52.4 Å². The number of aromatic carboxylic acids is 1. The predicted octanol–water partition coefficient (Wildman–Crippen LogP) is 1.85. The predicted molar refractivity (Wildman–Crippen MR) is 82.5 cm³/mol. The molecule has 1 aliphatic rings. The third-order valence-corrected chi connectivity index (χ3v) is 6.99. The Morgan fingerprint density at radius 3 is 2.48 bits per heavy atom. The first-order valence-corrected chi connectivity index (χ1v) is 9.05. The number of aromatic nitrogens is 1. The van der Waals surface area contributed by atoms with Gasteiger partial charge < -0.3 is 10.1 Å². The maximum Gasteiger partial charge on any atom is 0.352 e. The first-order chi connectivity index (χ1) is 9.56. The summed E-state index contributed by atoms with van der Waals surface area (Å²) in [5.74, 6) is -0.410. The molecule has 0 spiro atoms. The summed E-state index contributed by atoms with van der Waals surface area (Å²) in [4.78, 5) is 13.9. The second kappa shape index (κ2) is 5.33. The summed E-state index contributed by atoms with van der Waals surface area (Å²) in [6.07, 6.45) is 0. The van der Waals surface area contributed by atoms with Gasteiger partial charge in [-0.1, -0.05) is 0 Å². The van der Waals surface area contributed by atoms with Crippen LogP contribution in [0.4, 0.5) is 0 Å². The van der Waals surface area contributed by atoms with Gasteiger partial charge in [-0.05, 0) is 27.7 Å². The van der Waals surface area contributed by atoms with Crippen molar-refractivity contribution in [1.82, 2.24) is 9.29 Å². The molecule has 0 bridgehead atoms. The molecule has 0 aliphatic carbocycles. The molecule has 1 fully saturated rings. The van der Waals surface area contributed by atoms with Gasteiger partial charge in [0, 0.05) is 34.8 Å². The number of H-pyrrole nitrogens is 1. The van der Waals surface area contributed by atoms with Gasteiger partial charge in [0.25, 0.3) is 0 Å². The van der Waals surface area contributed by atoms with Gasteiger partial charge in [0.15, 0.2) is 0 Å². The van der Waals surface area contributed by atoms with E-state index in [4.69, 9.17) is 5.11 Å². The van der Waals surface area contributed by atoms with Crippen molar-refractivity contribution < 1.29 is 18.3 Å². The van der Waals surface area contributed by atoms with E-state index in [-0.39, 0.29) is 20.9 Å². The fraction of sp³-hybridized carbons (Fsp3) is 0.615. The molecule has 6 nitrogen and oxygen atoms in total. The molecule has 0 saturated carbocycles. The zero-order chi connectivity index (χ0) is 16.0. The molecule has 1 saturated heterocycles. The maximum absolute atomic E-state index is 12.9. The van der Waals surface area contributed by atoms with E-state index in [0.29, 0.717) is 18.8 Å². The number of carbonyl (C=O) groups is 1. The van der Waals surface area contributed by atoms with Crippen LogP contribution in [0.1, 0.15) is 35.6 Å². The molecular formula is C13H20N2O4S2. The number of sulfonamides is 1. The maximum atomic E-state index is 12.9. The lowest BCUT2D eigenvalue weighted by Crippen LogP contribution is -2.46. The number of hydrogen-bond acceptors (Lipinski definition) is 4. The number of carboxylic acid groups (broad SMARTS) is 1. The Morgan fingerprint density at radius 2 is 2.00 bits per heavy atom. The second-order valence-corrected chi connectivity index (χ2v) is 9.51. The molecule has 0 atom stereocenters. The minimum absolute atomic E-state index is 0.0586. The van der Waals surface area contributed by atoms with E-state index in [1.54, 1.807) is 18.7 Å². The highest BCUT2D eigenvalue weighted by molar-refractivity contribution is 8.00. The highest BCUT2D eigenvalue weighted by atomic mass is 32.2. The van der Waals surface area contributed by atoms with Gasteiger partial charge in [0.05, 0.1) is 0 Å². The minimum atomic E-state index is -3.68. The SMILES string of the molecule is Cc1[nH]c(C(=O)O)c(C)c1S(=O)(=O)N1CCSC(C)(C)C1. The Labute approximate surface area is 129 Å². The molecule has 0 aromatic carbocycles. The Bertz CT molecular complexity index is 677. The summed E-state index contributed by atoms with van der Waals surface area (Å²) in [6, 6.07) is 0. The molecule has 0 radical (unpaired) electrons. The van der Waals surface area contributed by atoms with Gasteiger partial charge in [-0.3, -0.25) is 0 Å². The van der Waals surface area contributed by atoms with Crippen molar-refractivity contribution in [1.29, 1.82) is 0 Å². The molecule has 2 N–H and O–H groups in total. The third kappa shape index (κ3) is 2.97. The normalized spacial score (nSPS) is 19.6. The lowest BCUT2D eigenvalue weighted by molar-refractivity contribution is 0.0690. The number of aromatic amines is 1. The summed E-state index contributed by atoms with van der Waals surface area (Å²) < 4.78 is 27.0. The topological polar surface area (TPSA) is 90.5 Å². The number of carboxylic acids is 1. The van der Waals surface area contributed by atoms with Crippen LogP contribution >= 0.6 is 11.8 Å². The lowest BCUT2D eigenvalue weighted by Gasteiger charge is -2.36. The van der Waals surface area contributed by atoms with E-state index >= 15 is 0 Å². The van der Waals surface area contributed by atoms with Crippen LogP contribution in [0.3, 0.4) is 0 Å². The highest BCUT2D eigenvalue weighted by Crippen LogP contribution is 2.34. The van der Waals surface area contributed by atoms with Crippen LogP contribution in [0.2, 0.25) is 0 Å². The van der Waals surface area contributed by atoms with Gasteiger partial charge >= 0.3 is 5.97 Å². The smallest absolute Gasteiger partial charge is 0.352 e.